The predicted molar refractivity (Wildman–Crippen MR) is 93.9 cm³/mol. The number of ether oxygens (including phenoxy) is 1. The number of carbonyl (C=O) groups is 1. The minimum absolute atomic E-state index is 0.0383. The van der Waals surface area contributed by atoms with Gasteiger partial charge in [0.2, 0.25) is 11.7 Å². The van der Waals surface area contributed by atoms with Crippen molar-refractivity contribution in [3.8, 4) is 17.1 Å². The highest BCUT2D eigenvalue weighted by Gasteiger charge is 2.36. The zero-order chi connectivity index (χ0) is 17.9. The molecule has 0 aliphatic carbocycles. The van der Waals surface area contributed by atoms with Gasteiger partial charge >= 0.3 is 6.03 Å². The second-order valence-electron chi connectivity index (χ2n) is 5.93. The second-order valence-corrected chi connectivity index (χ2v) is 5.93. The normalized spacial score (nSPS) is 14.0. The van der Waals surface area contributed by atoms with Gasteiger partial charge in [-0.15, -0.1) is 0 Å². The van der Waals surface area contributed by atoms with E-state index in [-0.39, 0.29) is 11.9 Å². The number of amides is 2. The molecule has 0 unspecified atom stereocenters. The molecule has 1 aliphatic heterocycles. The van der Waals surface area contributed by atoms with Gasteiger partial charge in [0.15, 0.2) is 0 Å². The summed E-state index contributed by atoms with van der Waals surface area (Å²) < 4.78 is 10.6. The lowest BCUT2D eigenvalue weighted by atomic mass is 10.0. The topological polar surface area (TPSA) is 93.4 Å². The number of nitrogens with one attached hydrogen (secondary N) is 1. The Morgan fingerprint density at radius 2 is 2.12 bits per heavy atom. The summed E-state index contributed by atoms with van der Waals surface area (Å²) >= 11 is 0. The van der Waals surface area contributed by atoms with Crippen LogP contribution < -0.4 is 10.1 Å². The zero-order valence-electron chi connectivity index (χ0n) is 14.1. The van der Waals surface area contributed by atoms with Crippen LogP contribution >= 0.6 is 0 Å². The molecule has 3 heterocycles. The lowest BCUT2D eigenvalue weighted by molar-refractivity contribution is 0.147. The van der Waals surface area contributed by atoms with Crippen molar-refractivity contribution in [1.82, 2.24) is 20.0 Å². The van der Waals surface area contributed by atoms with E-state index in [1.54, 1.807) is 36.5 Å². The van der Waals surface area contributed by atoms with Crippen LogP contribution in [0.2, 0.25) is 0 Å². The summed E-state index contributed by atoms with van der Waals surface area (Å²) in [5, 5.41) is 6.84. The van der Waals surface area contributed by atoms with Crippen LogP contribution in [-0.2, 0) is 0 Å². The maximum Gasteiger partial charge on any atom is 0.321 e. The number of hydrogen-bond acceptors (Lipinski definition) is 6. The third kappa shape index (κ3) is 3.08. The fraction of sp³-hybridized carbons (Fsp3) is 0.222. The Labute approximate surface area is 149 Å². The summed E-state index contributed by atoms with van der Waals surface area (Å²) in [6.07, 6.45) is 3.37. The largest absolute Gasteiger partial charge is 0.495 e. The molecule has 1 fully saturated rings. The smallest absolute Gasteiger partial charge is 0.321 e. The van der Waals surface area contributed by atoms with E-state index in [1.807, 2.05) is 24.3 Å². The van der Waals surface area contributed by atoms with Crippen molar-refractivity contribution in [3.05, 3.63) is 54.7 Å². The number of rotatable bonds is 4. The molecule has 132 valence electrons. The number of benzene rings is 1. The van der Waals surface area contributed by atoms with Gasteiger partial charge in [0, 0.05) is 31.0 Å². The highest BCUT2D eigenvalue weighted by molar-refractivity contribution is 5.91. The zero-order valence-corrected chi connectivity index (χ0v) is 14.1. The van der Waals surface area contributed by atoms with Gasteiger partial charge in [-0.2, -0.15) is 4.98 Å². The minimum atomic E-state index is -0.183. The Balaban J connectivity index is 1.37. The van der Waals surface area contributed by atoms with Crippen molar-refractivity contribution in [2.45, 2.75) is 5.92 Å². The first-order valence-corrected chi connectivity index (χ1v) is 8.17. The van der Waals surface area contributed by atoms with Crippen LogP contribution in [0.3, 0.4) is 0 Å². The highest BCUT2D eigenvalue weighted by Crippen LogP contribution is 2.29. The number of hydrogen-bond donors (Lipinski definition) is 1. The summed E-state index contributed by atoms with van der Waals surface area (Å²) in [6, 6.07) is 10.8. The molecule has 0 radical (unpaired) electrons. The van der Waals surface area contributed by atoms with Crippen LogP contribution in [0, 0.1) is 0 Å². The molecule has 3 aromatic rings. The molecule has 4 rings (SSSR count). The average molecular weight is 351 g/mol. The van der Waals surface area contributed by atoms with Crippen molar-refractivity contribution < 1.29 is 14.1 Å². The minimum Gasteiger partial charge on any atom is -0.495 e. The number of pyridine rings is 1. The third-order valence-electron chi connectivity index (χ3n) is 4.23. The molecule has 1 aliphatic rings. The highest BCUT2D eigenvalue weighted by atomic mass is 16.5. The van der Waals surface area contributed by atoms with Crippen LogP contribution in [-0.4, -0.2) is 46.3 Å². The van der Waals surface area contributed by atoms with Crippen LogP contribution in [0.15, 0.2) is 53.3 Å². The van der Waals surface area contributed by atoms with Crippen molar-refractivity contribution in [2.75, 3.05) is 25.5 Å². The van der Waals surface area contributed by atoms with Gasteiger partial charge in [-0.1, -0.05) is 17.3 Å². The first-order valence-electron chi connectivity index (χ1n) is 8.17. The molecule has 8 heteroatoms. The number of urea groups is 1. The molecule has 0 spiro atoms. The van der Waals surface area contributed by atoms with Gasteiger partial charge in [0.25, 0.3) is 0 Å². The van der Waals surface area contributed by atoms with Crippen LogP contribution in [0.1, 0.15) is 11.8 Å². The predicted octanol–water partition coefficient (Wildman–Crippen LogP) is 2.77. The Morgan fingerprint density at radius 3 is 2.88 bits per heavy atom. The number of aromatic nitrogens is 3. The number of likely N-dealkylation sites (tertiary alicyclic amines) is 1. The van der Waals surface area contributed by atoms with Crippen molar-refractivity contribution in [3.63, 3.8) is 0 Å². The molecular formula is C18H17N5O3. The van der Waals surface area contributed by atoms with Crippen molar-refractivity contribution >= 4 is 11.7 Å². The second kappa shape index (κ2) is 6.83. The fourth-order valence-corrected chi connectivity index (χ4v) is 2.76. The number of methoxy groups -OCH3 is 1. The first kappa shape index (κ1) is 16.1. The van der Waals surface area contributed by atoms with E-state index in [1.165, 1.54) is 0 Å². The molecule has 26 heavy (non-hydrogen) atoms. The Morgan fingerprint density at radius 1 is 1.27 bits per heavy atom. The quantitative estimate of drug-likeness (QED) is 0.777. The molecule has 2 amide bonds. The molecule has 1 saturated heterocycles. The van der Waals surface area contributed by atoms with Gasteiger partial charge in [-0.25, -0.2) is 4.79 Å². The van der Waals surface area contributed by atoms with E-state index in [0.717, 1.165) is 5.56 Å². The maximum atomic E-state index is 12.4. The summed E-state index contributed by atoms with van der Waals surface area (Å²) in [6.45, 7) is 1.05. The van der Waals surface area contributed by atoms with E-state index in [2.05, 4.69) is 20.4 Å². The monoisotopic (exact) mass is 351 g/mol. The van der Waals surface area contributed by atoms with Gasteiger partial charge in [0.1, 0.15) is 5.75 Å². The van der Waals surface area contributed by atoms with Crippen LogP contribution in [0.25, 0.3) is 11.4 Å². The van der Waals surface area contributed by atoms with E-state index < -0.39 is 0 Å². The van der Waals surface area contributed by atoms with Gasteiger partial charge in [-0.3, -0.25) is 4.98 Å². The molecule has 0 atom stereocenters. The SMILES string of the molecule is COc1ccccc1NC(=O)N1CC(c2nc(-c3cccnc3)no2)C1. The first-order chi connectivity index (χ1) is 12.7. The average Bonchev–Trinajstić information content (AvgIpc) is 3.11. The van der Waals surface area contributed by atoms with Gasteiger partial charge < -0.3 is 19.5 Å². The van der Waals surface area contributed by atoms with Gasteiger partial charge in [-0.05, 0) is 24.3 Å². The molecule has 1 N–H and O–H groups in total. The Kier molecular flexibility index (Phi) is 4.22. The van der Waals surface area contributed by atoms with E-state index in [9.17, 15) is 4.79 Å². The maximum absolute atomic E-state index is 12.4. The van der Waals surface area contributed by atoms with Crippen molar-refractivity contribution in [1.29, 1.82) is 0 Å². The van der Waals surface area contributed by atoms with Crippen LogP contribution in [0.5, 0.6) is 5.75 Å². The summed E-state index contributed by atoms with van der Waals surface area (Å²) in [5.74, 6) is 1.70. The fourth-order valence-electron chi connectivity index (χ4n) is 2.76. The molecule has 0 bridgehead atoms. The molecular weight excluding hydrogens is 334 g/mol. The Hall–Kier alpha value is -3.42. The van der Waals surface area contributed by atoms with Gasteiger partial charge in [0.05, 0.1) is 18.7 Å². The van der Waals surface area contributed by atoms with E-state index in [0.29, 0.717) is 36.2 Å². The molecule has 1 aromatic carbocycles. The summed E-state index contributed by atoms with van der Waals surface area (Å²) in [4.78, 5) is 22.5. The summed E-state index contributed by atoms with van der Waals surface area (Å²) in [5.41, 5.74) is 1.44. The molecule has 2 aromatic heterocycles. The van der Waals surface area contributed by atoms with Crippen LogP contribution in [0.4, 0.5) is 10.5 Å². The standard InChI is InChI=1S/C18H17N5O3/c1-25-15-7-3-2-6-14(15)20-18(24)23-10-13(11-23)17-21-16(22-26-17)12-5-4-8-19-9-12/h2-9,13H,10-11H2,1H3,(H,20,24). The summed E-state index contributed by atoms with van der Waals surface area (Å²) in [7, 11) is 1.57. The van der Waals surface area contributed by atoms with Crippen molar-refractivity contribution in [2.24, 2.45) is 0 Å². The van der Waals surface area contributed by atoms with E-state index >= 15 is 0 Å². The molecule has 8 nitrogen and oxygen atoms in total. The molecule has 0 saturated carbocycles. The number of carbonyl (C=O) groups excluding carboxylic acids is 1. The van der Waals surface area contributed by atoms with E-state index in [4.69, 9.17) is 9.26 Å². The number of anilines is 1. The Bertz CT molecular complexity index is 906. The number of nitrogens with zero attached hydrogens (tertiary/aromatic N) is 4. The number of para-hydroxylation sites is 2. The lowest BCUT2D eigenvalue weighted by Crippen LogP contribution is -2.50. The third-order valence-corrected chi connectivity index (χ3v) is 4.23. The lowest BCUT2D eigenvalue weighted by Gasteiger charge is -2.36.